The Morgan fingerprint density at radius 1 is 1.08 bits per heavy atom. The molecule has 1 aliphatic heterocycles. The van der Waals surface area contributed by atoms with E-state index in [9.17, 15) is 14.7 Å². The Balaban J connectivity index is 1.95. The number of ether oxygens (including phenoxy) is 2. The Bertz CT molecular complexity index is 795. The quantitative estimate of drug-likeness (QED) is 0.925. The molecule has 0 bridgehead atoms. The average Bonchev–Trinajstić information content (AvgIpc) is 2.65. The van der Waals surface area contributed by atoms with Crippen molar-refractivity contribution in [3.63, 3.8) is 0 Å². The zero-order valence-corrected chi connectivity index (χ0v) is 14.1. The van der Waals surface area contributed by atoms with Gasteiger partial charge in [0.15, 0.2) is 0 Å². The van der Waals surface area contributed by atoms with Crippen molar-refractivity contribution in [2.45, 2.75) is 12.5 Å². The molecule has 0 saturated heterocycles. The lowest BCUT2D eigenvalue weighted by Gasteiger charge is -2.33. The summed E-state index contributed by atoms with van der Waals surface area (Å²) in [6, 6.07) is 12.3. The van der Waals surface area contributed by atoms with Crippen LogP contribution in [0, 0.1) is 0 Å². The number of methoxy groups -OCH3 is 2. The molecule has 0 spiro atoms. The predicted octanol–water partition coefficient (Wildman–Crippen LogP) is 2.53. The first kappa shape index (κ1) is 16.8. The molecule has 1 unspecified atom stereocenters. The van der Waals surface area contributed by atoms with Crippen molar-refractivity contribution in [1.29, 1.82) is 0 Å². The van der Waals surface area contributed by atoms with Gasteiger partial charge in [-0.2, -0.15) is 0 Å². The van der Waals surface area contributed by atoms with Gasteiger partial charge in [-0.25, -0.2) is 0 Å². The number of carbonyl (C=O) groups is 2. The molecule has 1 N–H and O–H groups in total. The van der Waals surface area contributed by atoms with Crippen LogP contribution in [0.15, 0.2) is 42.5 Å². The summed E-state index contributed by atoms with van der Waals surface area (Å²) < 4.78 is 10.4. The van der Waals surface area contributed by atoms with Crippen molar-refractivity contribution in [2.75, 3.05) is 20.8 Å². The first-order chi connectivity index (χ1) is 12.0. The van der Waals surface area contributed by atoms with Crippen molar-refractivity contribution >= 4 is 11.9 Å². The van der Waals surface area contributed by atoms with Crippen LogP contribution >= 0.6 is 0 Å². The number of hydrogen-bond acceptors (Lipinski definition) is 4. The van der Waals surface area contributed by atoms with Crippen LogP contribution in [0.4, 0.5) is 0 Å². The van der Waals surface area contributed by atoms with E-state index in [-0.39, 0.29) is 12.5 Å². The van der Waals surface area contributed by atoms with E-state index >= 15 is 0 Å². The smallest absolute Gasteiger partial charge is 0.312 e. The summed E-state index contributed by atoms with van der Waals surface area (Å²) in [5, 5.41) is 9.54. The highest BCUT2D eigenvalue weighted by molar-refractivity contribution is 5.96. The van der Waals surface area contributed by atoms with Crippen LogP contribution in [0.1, 0.15) is 27.4 Å². The van der Waals surface area contributed by atoms with Gasteiger partial charge >= 0.3 is 5.97 Å². The Morgan fingerprint density at radius 3 is 2.32 bits per heavy atom. The summed E-state index contributed by atoms with van der Waals surface area (Å²) in [7, 11) is 3.03. The fraction of sp³-hybridized carbons (Fsp3) is 0.263. The molecular weight excluding hydrogens is 322 g/mol. The van der Waals surface area contributed by atoms with Crippen LogP contribution in [0.25, 0.3) is 0 Å². The Morgan fingerprint density at radius 2 is 1.72 bits per heavy atom. The zero-order valence-electron chi connectivity index (χ0n) is 14.1. The maximum absolute atomic E-state index is 12.9. The van der Waals surface area contributed by atoms with Crippen molar-refractivity contribution < 1.29 is 24.2 Å². The van der Waals surface area contributed by atoms with E-state index in [0.717, 1.165) is 11.1 Å². The molecule has 1 aliphatic rings. The van der Waals surface area contributed by atoms with E-state index in [1.807, 2.05) is 24.3 Å². The molecule has 3 rings (SSSR count). The third-order valence-electron chi connectivity index (χ3n) is 4.38. The minimum Gasteiger partial charge on any atom is -0.497 e. The highest BCUT2D eigenvalue weighted by atomic mass is 16.5. The molecule has 130 valence electrons. The van der Waals surface area contributed by atoms with Crippen molar-refractivity contribution in [2.24, 2.45) is 0 Å². The standard InChI is InChI=1S/C19H19NO5/c1-24-14-7-13(8-15(9-14)25-2)18(21)20-10-12-5-3-4-6-16(12)17(11-20)19(22)23/h3-9,17H,10-11H2,1-2H3,(H,22,23). The van der Waals surface area contributed by atoms with Crippen molar-refractivity contribution in [1.82, 2.24) is 4.90 Å². The van der Waals surface area contributed by atoms with E-state index in [4.69, 9.17) is 9.47 Å². The summed E-state index contributed by atoms with van der Waals surface area (Å²) in [6.07, 6.45) is 0. The molecule has 1 atom stereocenters. The van der Waals surface area contributed by atoms with E-state index in [1.54, 1.807) is 23.1 Å². The normalized spacial score (nSPS) is 16.1. The molecule has 0 radical (unpaired) electrons. The lowest BCUT2D eigenvalue weighted by atomic mass is 9.89. The molecule has 6 nitrogen and oxygen atoms in total. The second kappa shape index (κ2) is 6.84. The summed E-state index contributed by atoms with van der Waals surface area (Å²) in [5.74, 6) is -0.905. The number of nitrogens with zero attached hydrogens (tertiary/aromatic N) is 1. The number of carboxylic acid groups (broad SMARTS) is 1. The SMILES string of the molecule is COc1cc(OC)cc(C(=O)N2Cc3ccccc3C(C(=O)O)C2)c1. The molecule has 0 fully saturated rings. The van der Waals surface area contributed by atoms with Gasteiger partial charge in [0.1, 0.15) is 11.5 Å². The van der Waals surface area contributed by atoms with Crippen molar-refractivity contribution in [3.05, 3.63) is 59.2 Å². The monoisotopic (exact) mass is 341 g/mol. The molecule has 1 heterocycles. The molecule has 0 aliphatic carbocycles. The largest absolute Gasteiger partial charge is 0.497 e. The maximum Gasteiger partial charge on any atom is 0.312 e. The van der Waals surface area contributed by atoms with Crippen LogP contribution in [0.3, 0.4) is 0 Å². The Hall–Kier alpha value is -3.02. The van der Waals surface area contributed by atoms with Gasteiger partial charge in [0, 0.05) is 24.7 Å². The molecule has 25 heavy (non-hydrogen) atoms. The minimum absolute atomic E-state index is 0.130. The lowest BCUT2D eigenvalue weighted by molar-refractivity contribution is -0.139. The van der Waals surface area contributed by atoms with Gasteiger partial charge in [0.25, 0.3) is 5.91 Å². The molecule has 2 aromatic rings. The topological polar surface area (TPSA) is 76.1 Å². The highest BCUT2D eigenvalue weighted by Gasteiger charge is 2.32. The molecule has 6 heteroatoms. The second-order valence-corrected chi connectivity index (χ2v) is 5.88. The summed E-state index contributed by atoms with van der Waals surface area (Å²) >= 11 is 0. The number of amides is 1. The molecular formula is C19H19NO5. The van der Waals surface area contributed by atoms with Crippen molar-refractivity contribution in [3.8, 4) is 11.5 Å². The Kier molecular flexibility index (Phi) is 4.61. The first-order valence-electron chi connectivity index (χ1n) is 7.86. The van der Waals surface area contributed by atoms with Crippen LogP contribution in [0.2, 0.25) is 0 Å². The highest BCUT2D eigenvalue weighted by Crippen LogP contribution is 2.30. The van der Waals surface area contributed by atoms with Gasteiger partial charge in [0.2, 0.25) is 0 Å². The second-order valence-electron chi connectivity index (χ2n) is 5.88. The minimum atomic E-state index is -0.937. The molecule has 0 saturated carbocycles. The lowest BCUT2D eigenvalue weighted by Crippen LogP contribution is -2.40. The summed E-state index contributed by atoms with van der Waals surface area (Å²) in [6.45, 7) is 0.503. The third kappa shape index (κ3) is 3.28. The van der Waals surface area contributed by atoms with Crippen LogP contribution in [-0.4, -0.2) is 42.6 Å². The fourth-order valence-corrected chi connectivity index (χ4v) is 3.09. The fourth-order valence-electron chi connectivity index (χ4n) is 3.09. The van der Waals surface area contributed by atoms with E-state index in [1.165, 1.54) is 14.2 Å². The number of hydrogen-bond donors (Lipinski definition) is 1. The van der Waals surface area contributed by atoms with E-state index < -0.39 is 11.9 Å². The Labute approximate surface area is 145 Å². The van der Waals surface area contributed by atoms with Gasteiger partial charge < -0.3 is 19.5 Å². The van der Waals surface area contributed by atoms with Gasteiger partial charge in [-0.1, -0.05) is 24.3 Å². The first-order valence-corrected chi connectivity index (χ1v) is 7.86. The average molecular weight is 341 g/mol. The van der Waals surface area contributed by atoms with Crippen LogP contribution in [0.5, 0.6) is 11.5 Å². The number of benzene rings is 2. The number of rotatable bonds is 4. The van der Waals surface area contributed by atoms with Gasteiger partial charge in [0.05, 0.1) is 20.1 Å². The molecule has 2 aromatic carbocycles. The molecule has 1 amide bonds. The predicted molar refractivity (Wildman–Crippen MR) is 91.1 cm³/mol. The van der Waals surface area contributed by atoms with E-state index in [0.29, 0.717) is 23.6 Å². The van der Waals surface area contributed by atoms with Gasteiger partial charge in [-0.05, 0) is 23.3 Å². The number of carboxylic acids is 1. The number of fused-ring (bicyclic) bond motifs is 1. The summed E-state index contributed by atoms with van der Waals surface area (Å²) in [4.78, 5) is 26.1. The zero-order chi connectivity index (χ0) is 18.0. The van der Waals surface area contributed by atoms with Gasteiger partial charge in [-0.3, -0.25) is 9.59 Å². The number of carbonyl (C=O) groups excluding carboxylic acids is 1. The van der Waals surface area contributed by atoms with E-state index in [2.05, 4.69) is 0 Å². The molecule has 0 aromatic heterocycles. The van der Waals surface area contributed by atoms with Gasteiger partial charge in [-0.15, -0.1) is 0 Å². The van der Waals surface area contributed by atoms with Crippen LogP contribution < -0.4 is 9.47 Å². The third-order valence-corrected chi connectivity index (χ3v) is 4.38. The van der Waals surface area contributed by atoms with Crippen LogP contribution in [-0.2, 0) is 11.3 Å². The summed E-state index contributed by atoms with van der Waals surface area (Å²) in [5.41, 5.74) is 2.02. The maximum atomic E-state index is 12.9. The number of aliphatic carboxylic acids is 1.